The van der Waals surface area contributed by atoms with Crippen molar-refractivity contribution in [1.82, 2.24) is 0 Å². The van der Waals surface area contributed by atoms with Gasteiger partial charge < -0.3 is 5.11 Å². The first-order valence-electron chi connectivity index (χ1n) is 5.25. The van der Waals surface area contributed by atoms with E-state index in [-0.39, 0.29) is 12.6 Å². The molecule has 1 aromatic rings. The zero-order chi connectivity index (χ0) is 11.6. The molecule has 0 heterocycles. The van der Waals surface area contributed by atoms with Crippen LogP contribution in [0.3, 0.4) is 0 Å². The Labute approximate surface area is 94.9 Å². The van der Waals surface area contributed by atoms with E-state index in [0.29, 0.717) is 12.8 Å². The van der Waals surface area contributed by atoms with Crippen molar-refractivity contribution >= 4 is 6.08 Å². The van der Waals surface area contributed by atoms with Gasteiger partial charge in [0, 0.05) is 11.5 Å². The molecule has 0 fully saturated rings. The minimum Gasteiger partial charge on any atom is -0.396 e. The minimum absolute atomic E-state index is 0.122. The molecule has 0 saturated heterocycles. The molecule has 1 N–H and O–H groups in total. The summed E-state index contributed by atoms with van der Waals surface area (Å²) < 4.78 is 0. The predicted molar refractivity (Wildman–Crippen MR) is 64.7 cm³/mol. The highest BCUT2D eigenvalue weighted by Crippen LogP contribution is 2.08. The largest absolute Gasteiger partial charge is 0.396 e. The van der Waals surface area contributed by atoms with E-state index in [1.807, 2.05) is 42.5 Å². The molecule has 4 heteroatoms. The lowest BCUT2D eigenvalue weighted by Gasteiger charge is -2.03. The van der Waals surface area contributed by atoms with Gasteiger partial charge in [0.1, 0.15) is 0 Å². The molecule has 0 aromatic heterocycles. The SMILES string of the molecule is [N-]=[N+]=NC(/C=C/c1ccccc1)CCCO. The maximum atomic E-state index is 8.71. The molecule has 0 aliphatic rings. The highest BCUT2D eigenvalue weighted by atomic mass is 16.2. The van der Waals surface area contributed by atoms with Gasteiger partial charge in [0.25, 0.3) is 0 Å². The second-order valence-corrected chi connectivity index (χ2v) is 3.41. The van der Waals surface area contributed by atoms with E-state index in [1.54, 1.807) is 0 Å². The van der Waals surface area contributed by atoms with Gasteiger partial charge in [-0.1, -0.05) is 47.6 Å². The van der Waals surface area contributed by atoms with Crippen molar-refractivity contribution in [2.45, 2.75) is 18.9 Å². The van der Waals surface area contributed by atoms with Crippen molar-refractivity contribution in [3.8, 4) is 0 Å². The summed E-state index contributed by atoms with van der Waals surface area (Å²) in [5, 5.41) is 12.4. The monoisotopic (exact) mass is 217 g/mol. The van der Waals surface area contributed by atoms with Crippen molar-refractivity contribution < 1.29 is 5.11 Å². The fourth-order valence-electron chi connectivity index (χ4n) is 1.35. The van der Waals surface area contributed by atoms with Crippen LogP contribution in [0.25, 0.3) is 16.5 Å². The first-order chi connectivity index (χ1) is 7.86. The first-order valence-corrected chi connectivity index (χ1v) is 5.25. The zero-order valence-corrected chi connectivity index (χ0v) is 9.03. The molecule has 16 heavy (non-hydrogen) atoms. The van der Waals surface area contributed by atoms with Crippen LogP contribution in [-0.2, 0) is 0 Å². The second-order valence-electron chi connectivity index (χ2n) is 3.41. The Hall–Kier alpha value is -1.77. The highest BCUT2D eigenvalue weighted by molar-refractivity contribution is 5.49. The normalized spacial score (nSPS) is 12.3. The van der Waals surface area contributed by atoms with Gasteiger partial charge in [-0.15, -0.1) is 0 Å². The van der Waals surface area contributed by atoms with E-state index in [4.69, 9.17) is 10.6 Å². The third-order valence-corrected chi connectivity index (χ3v) is 2.17. The van der Waals surface area contributed by atoms with Crippen molar-refractivity contribution in [3.63, 3.8) is 0 Å². The molecule has 0 amide bonds. The van der Waals surface area contributed by atoms with Crippen molar-refractivity contribution in [2.75, 3.05) is 6.61 Å². The maximum absolute atomic E-state index is 8.71. The highest BCUT2D eigenvalue weighted by Gasteiger charge is 2.00. The van der Waals surface area contributed by atoms with Gasteiger partial charge in [-0.05, 0) is 23.9 Å². The Morgan fingerprint density at radius 3 is 2.75 bits per heavy atom. The van der Waals surface area contributed by atoms with E-state index in [2.05, 4.69) is 10.0 Å². The average molecular weight is 217 g/mol. The zero-order valence-electron chi connectivity index (χ0n) is 9.03. The Balaban J connectivity index is 2.60. The third kappa shape index (κ3) is 4.64. The topological polar surface area (TPSA) is 69.0 Å². The summed E-state index contributed by atoms with van der Waals surface area (Å²) in [6, 6.07) is 9.64. The average Bonchev–Trinajstić information content (AvgIpc) is 2.34. The third-order valence-electron chi connectivity index (χ3n) is 2.17. The number of aliphatic hydroxyl groups is 1. The molecule has 84 valence electrons. The molecule has 0 bridgehead atoms. The van der Waals surface area contributed by atoms with Crippen molar-refractivity contribution in [2.24, 2.45) is 5.11 Å². The van der Waals surface area contributed by atoms with Gasteiger partial charge in [-0.25, -0.2) is 0 Å². The summed E-state index contributed by atoms with van der Waals surface area (Å²) in [5.41, 5.74) is 9.47. The first kappa shape index (κ1) is 12.3. The minimum atomic E-state index is -0.183. The van der Waals surface area contributed by atoms with Gasteiger partial charge in [0.2, 0.25) is 0 Å². The fraction of sp³-hybridized carbons (Fsp3) is 0.333. The Kier molecular flexibility index (Phi) is 5.78. The lowest BCUT2D eigenvalue weighted by atomic mass is 10.1. The number of azide groups is 1. The van der Waals surface area contributed by atoms with Gasteiger partial charge in [-0.3, -0.25) is 0 Å². The van der Waals surface area contributed by atoms with Gasteiger partial charge >= 0.3 is 0 Å². The lowest BCUT2D eigenvalue weighted by molar-refractivity contribution is 0.282. The molecule has 0 aliphatic heterocycles. The summed E-state index contributed by atoms with van der Waals surface area (Å²) >= 11 is 0. The number of hydrogen-bond donors (Lipinski definition) is 1. The summed E-state index contributed by atoms with van der Waals surface area (Å²) in [4.78, 5) is 2.79. The summed E-state index contributed by atoms with van der Waals surface area (Å²) in [6.07, 6.45) is 5.11. The molecule has 1 atom stereocenters. The summed E-state index contributed by atoms with van der Waals surface area (Å²) in [6.45, 7) is 0.122. The van der Waals surface area contributed by atoms with Gasteiger partial charge in [0.05, 0.1) is 6.04 Å². The molecule has 1 rings (SSSR count). The van der Waals surface area contributed by atoms with Crippen LogP contribution in [0, 0.1) is 0 Å². The van der Waals surface area contributed by atoms with E-state index in [1.165, 1.54) is 0 Å². The van der Waals surface area contributed by atoms with Crippen LogP contribution in [0.4, 0.5) is 0 Å². The molecule has 1 aromatic carbocycles. The van der Waals surface area contributed by atoms with E-state index >= 15 is 0 Å². The number of hydrogen-bond acceptors (Lipinski definition) is 2. The quantitative estimate of drug-likeness (QED) is 0.444. The molecule has 0 radical (unpaired) electrons. The molecule has 1 unspecified atom stereocenters. The van der Waals surface area contributed by atoms with E-state index in [0.717, 1.165) is 5.56 Å². The molecule has 4 nitrogen and oxygen atoms in total. The van der Waals surface area contributed by atoms with Crippen LogP contribution in [-0.4, -0.2) is 17.8 Å². The van der Waals surface area contributed by atoms with Gasteiger partial charge in [-0.2, -0.15) is 0 Å². The lowest BCUT2D eigenvalue weighted by Crippen LogP contribution is -1.99. The van der Waals surface area contributed by atoms with E-state index < -0.39 is 0 Å². The molecule has 0 aliphatic carbocycles. The van der Waals surface area contributed by atoms with Crippen LogP contribution in [0.5, 0.6) is 0 Å². The Bertz CT molecular complexity index is 369. The van der Waals surface area contributed by atoms with Crippen LogP contribution in [0.1, 0.15) is 18.4 Å². The van der Waals surface area contributed by atoms with Crippen LogP contribution in [0.15, 0.2) is 41.5 Å². The molecular weight excluding hydrogens is 202 g/mol. The number of nitrogens with zero attached hydrogens (tertiary/aromatic N) is 3. The molecule has 0 saturated carbocycles. The van der Waals surface area contributed by atoms with Crippen LogP contribution >= 0.6 is 0 Å². The van der Waals surface area contributed by atoms with Crippen LogP contribution in [0.2, 0.25) is 0 Å². The number of benzene rings is 1. The molecular formula is C12H15N3O. The number of rotatable bonds is 6. The maximum Gasteiger partial charge on any atom is 0.0559 e. The van der Waals surface area contributed by atoms with Crippen LogP contribution < -0.4 is 0 Å². The van der Waals surface area contributed by atoms with Gasteiger partial charge in [0.15, 0.2) is 0 Å². The Morgan fingerprint density at radius 1 is 1.38 bits per heavy atom. The second kappa shape index (κ2) is 7.51. The summed E-state index contributed by atoms with van der Waals surface area (Å²) in [7, 11) is 0. The smallest absolute Gasteiger partial charge is 0.0559 e. The Morgan fingerprint density at radius 2 is 2.12 bits per heavy atom. The molecule has 0 spiro atoms. The van der Waals surface area contributed by atoms with Crippen molar-refractivity contribution in [1.29, 1.82) is 0 Å². The number of aliphatic hydroxyl groups excluding tert-OH is 1. The predicted octanol–water partition coefficient (Wildman–Crippen LogP) is 3.15. The summed E-state index contributed by atoms with van der Waals surface area (Å²) in [5.74, 6) is 0. The van der Waals surface area contributed by atoms with E-state index in [9.17, 15) is 0 Å². The fourth-order valence-corrected chi connectivity index (χ4v) is 1.35. The standard InChI is InChI=1S/C12H15N3O/c13-15-14-12(7-4-10-16)9-8-11-5-2-1-3-6-11/h1-3,5-6,8-9,12,16H,4,7,10H2/b9-8+. The van der Waals surface area contributed by atoms with Crippen molar-refractivity contribution in [3.05, 3.63) is 52.4 Å².